The number of nitrogens with two attached hydrogens (primary N) is 1. The summed E-state index contributed by atoms with van der Waals surface area (Å²) in [7, 11) is 0. The number of anilines is 1. The summed E-state index contributed by atoms with van der Waals surface area (Å²) < 4.78 is 0. The number of nitrogens with one attached hydrogen (secondary N) is 1. The highest BCUT2D eigenvalue weighted by atomic mass is 35.5. The summed E-state index contributed by atoms with van der Waals surface area (Å²) in [5.74, 6) is 6.09. The molecule has 2 rings (SSSR count). The van der Waals surface area contributed by atoms with Gasteiger partial charge in [-0.05, 0) is 44.0 Å². The van der Waals surface area contributed by atoms with Crippen molar-refractivity contribution >= 4 is 29.1 Å². The Morgan fingerprint density at radius 1 is 1.06 bits per heavy atom. The first-order chi connectivity index (χ1) is 7.11. The second kappa shape index (κ2) is 4.68. The number of pyridine rings is 1. The van der Waals surface area contributed by atoms with Gasteiger partial charge in [-0.2, -0.15) is 0 Å². The van der Waals surface area contributed by atoms with Crippen molar-refractivity contribution in [1.29, 1.82) is 0 Å². The maximum Gasteiger partial charge on any atom is 0.140 e. The molecule has 0 saturated carbocycles. The molecule has 0 radical (unpaired) electrons. The first-order valence-corrected chi connectivity index (χ1v) is 4.97. The number of rotatable bonds is 1. The maximum atomic E-state index is 5.38. The van der Waals surface area contributed by atoms with Gasteiger partial charge in [0.25, 0.3) is 0 Å². The number of hydrazine groups is 1. The first kappa shape index (κ1) is 12.7. The number of halogens is 1. The van der Waals surface area contributed by atoms with Gasteiger partial charge in [0, 0.05) is 5.39 Å². The van der Waals surface area contributed by atoms with Crippen molar-refractivity contribution in [3.05, 3.63) is 34.9 Å². The Kier molecular flexibility index (Phi) is 3.73. The second-order valence-corrected chi connectivity index (χ2v) is 3.95. The lowest BCUT2D eigenvalue weighted by Gasteiger charge is -2.09. The molecular weight excluding hydrogens is 222 g/mol. The van der Waals surface area contributed by atoms with Gasteiger partial charge >= 0.3 is 0 Å². The van der Waals surface area contributed by atoms with Crippen LogP contribution in [0.1, 0.15) is 16.7 Å². The first-order valence-electron chi connectivity index (χ1n) is 4.97. The maximum absolute atomic E-state index is 5.38. The van der Waals surface area contributed by atoms with E-state index < -0.39 is 0 Å². The van der Waals surface area contributed by atoms with E-state index in [9.17, 15) is 0 Å². The molecule has 0 aliphatic carbocycles. The molecule has 1 aromatic heterocycles. The van der Waals surface area contributed by atoms with E-state index in [4.69, 9.17) is 5.84 Å². The van der Waals surface area contributed by atoms with Gasteiger partial charge in [-0.25, -0.2) is 10.8 Å². The average Bonchev–Trinajstić information content (AvgIpc) is 2.19. The third-order valence-corrected chi connectivity index (χ3v) is 2.60. The molecular formula is C12H16ClN3. The van der Waals surface area contributed by atoms with Gasteiger partial charge in [-0.15, -0.1) is 12.4 Å². The monoisotopic (exact) mass is 237 g/mol. The Balaban J connectivity index is 0.00000128. The summed E-state index contributed by atoms with van der Waals surface area (Å²) in [6.07, 6.45) is 0. The third-order valence-electron chi connectivity index (χ3n) is 2.60. The van der Waals surface area contributed by atoms with Gasteiger partial charge in [-0.3, -0.25) is 0 Å². The standard InChI is InChI=1S/C12H15N3.ClH/c1-7-4-9(3)12-10(5-7)8(2)6-11(14-12)15-13;/h4-6H,13H2,1-3H3,(H,14,15);1H. The van der Waals surface area contributed by atoms with Crippen LogP contribution in [0.2, 0.25) is 0 Å². The van der Waals surface area contributed by atoms with Crippen LogP contribution in [-0.2, 0) is 0 Å². The molecule has 0 bridgehead atoms. The Hall–Kier alpha value is -1.32. The summed E-state index contributed by atoms with van der Waals surface area (Å²) in [6, 6.07) is 6.25. The van der Waals surface area contributed by atoms with E-state index in [1.165, 1.54) is 22.1 Å². The van der Waals surface area contributed by atoms with E-state index >= 15 is 0 Å². The fourth-order valence-electron chi connectivity index (χ4n) is 1.92. The molecule has 0 aliphatic heterocycles. The molecule has 3 N–H and O–H groups in total. The van der Waals surface area contributed by atoms with Crippen LogP contribution in [0.3, 0.4) is 0 Å². The molecule has 0 spiro atoms. The van der Waals surface area contributed by atoms with Gasteiger partial charge in [0.15, 0.2) is 0 Å². The van der Waals surface area contributed by atoms with Gasteiger partial charge in [0.1, 0.15) is 5.82 Å². The number of fused-ring (bicyclic) bond motifs is 1. The molecule has 0 fully saturated rings. The quantitative estimate of drug-likeness (QED) is 0.592. The lowest BCUT2D eigenvalue weighted by Crippen LogP contribution is -2.09. The number of nitrogen functional groups attached to an aromatic ring is 1. The van der Waals surface area contributed by atoms with Crippen molar-refractivity contribution < 1.29 is 0 Å². The molecule has 86 valence electrons. The van der Waals surface area contributed by atoms with E-state index in [-0.39, 0.29) is 12.4 Å². The number of aryl methyl sites for hydroxylation is 3. The minimum atomic E-state index is 0. The second-order valence-electron chi connectivity index (χ2n) is 3.95. The van der Waals surface area contributed by atoms with Crippen molar-refractivity contribution in [2.45, 2.75) is 20.8 Å². The Morgan fingerprint density at radius 2 is 1.75 bits per heavy atom. The number of benzene rings is 1. The summed E-state index contributed by atoms with van der Waals surface area (Å²) in [4.78, 5) is 4.46. The van der Waals surface area contributed by atoms with Crippen LogP contribution in [0.25, 0.3) is 10.9 Å². The molecule has 0 saturated heterocycles. The lowest BCUT2D eigenvalue weighted by atomic mass is 10.0. The lowest BCUT2D eigenvalue weighted by molar-refractivity contribution is 1.24. The number of hydrogen-bond acceptors (Lipinski definition) is 3. The fourth-order valence-corrected chi connectivity index (χ4v) is 1.92. The Bertz CT molecular complexity index is 523. The predicted molar refractivity (Wildman–Crippen MR) is 71.0 cm³/mol. The van der Waals surface area contributed by atoms with Crippen LogP contribution in [0.15, 0.2) is 18.2 Å². The SMILES string of the molecule is Cc1cc(C)c2nc(NN)cc(C)c2c1.Cl. The van der Waals surface area contributed by atoms with Crippen LogP contribution in [0.4, 0.5) is 5.82 Å². The molecule has 0 atom stereocenters. The molecule has 1 heterocycles. The van der Waals surface area contributed by atoms with Gasteiger partial charge in [0.2, 0.25) is 0 Å². The zero-order valence-electron chi connectivity index (χ0n) is 9.66. The van der Waals surface area contributed by atoms with Crippen LogP contribution in [0.5, 0.6) is 0 Å². The van der Waals surface area contributed by atoms with Gasteiger partial charge in [-0.1, -0.05) is 11.6 Å². The zero-order chi connectivity index (χ0) is 11.0. The number of nitrogens with zero attached hydrogens (tertiary/aromatic N) is 1. The summed E-state index contributed by atoms with van der Waals surface area (Å²) in [5, 5.41) is 1.20. The van der Waals surface area contributed by atoms with Crippen molar-refractivity contribution in [3.63, 3.8) is 0 Å². The Morgan fingerprint density at radius 3 is 2.38 bits per heavy atom. The number of hydrogen-bond donors (Lipinski definition) is 2. The molecule has 16 heavy (non-hydrogen) atoms. The van der Waals surface area contributed by atoms with Crippen molar-refractivity contribution in [3.8, 4) is 0 Å². The fraction of sp³-hybridized carbons (Fsp3) is 0.250. The van der Waals surface area contributed by atoms with E-state index in [1.807, 2.05) is 6.07 Å². The van der Waals surface area contributed by atoms with Gasteiger partial charge < -0.3 is 5.43 Å². The van der Waals surface area contributed by atoms with E-state index in [0.29, 0.717) is 5.82 Å². The zero-order valence-corrected chi connectivity index (χ0v) is 10.5. The molecule has 2 aromatic rings. The van der Waals surface area contributed by atoms with Crippen LogP contribution in [-0.4, -0.2) is 4.98 Å². The normalized spacial score (nSPS) is 10.0. The highest BCUT2D eigenvalue weighted by molar-refractivity contribution is 5.87. The van der Waals surface area contributed by atoms with Crippen LogP contribution in [0, 0.1) is 20.8 Å². The van der Waals surface area contributed by atoms with Crippen molar-refractivity contribution in [1.82, 2.24) is 4.98 Å². The van der Waals surface area contributed by atoms with Crippen molar-refractivity contribution in [2.75, 3.05) is 5.43 Å². The highest BCUT2D eigenvalue weighted by Gasteiger charge is 2.05. The highest BCUT2D eigenvalue weighted by Crippen LogP contribution is 2.24. The predicted octanol–water partition coefficient (Wildman–Crippen LogP) is 2.87. The molecule has 0 unspecified atom stereocenters. The van der Waals surface area contributed by atoms with Crippen LogP contribution >= 0.6 is 12.4 Å². The third kappa shape index (κ3) is 2.10. The minimum absolute atomic E-state index is 0. The van der Waals surface area contributed by atoms with Crippen LogP contribution < -0.4 is 11.3 Å². The summed E-state index contributed by atoms with van der Waals surface area (Å²) >= 11 is 0. The summed E-state index contributed by atoms with van der Waals surface area (Å²) in [5.41, 5.74) is 7.25. The molecule has 1 aromatic carbocycles. The smallest absolute Gasteiger partial charge is 0.140 e. The number of aromatic nitrogens is 1. The molecule has 3 nitrogen and oxygen atoms in total. The summed E-state index contributed by atoms with van der Waals surface area (Å²) in [6.45, 7) is 6.24. The molecule has 0 amide bonds. The van der Waals surface area contributed by atoms with Gasteiger partial charge in [0.05, 0.1) is 5.52 Å². The molecule has 0 aliphatic rings. The van der Waals surface area contributed by atoms with E-state index in [2.05, 4.69) is 43.3 Å². The Labute approximate surface area is 101 Å². The minimum Gasteiger partial charge on any atom is -0.308 e. The van der Waals surface area contributed by atoms with E-state index in [0.717, 1.165) is 5.52 Å². The topological polar surface area (TPSA) is 50.9 Å². The van der Waals surface area contributed by atoms with E-state index in [1.54, 1.807) is 0 Å². The largest absolute Gasteiger partial charge is 0.308 e. The average molecular weight is 238 g/mol. The molecule has 4 heteroatoms. The van der Waals surface area contributed by atoms with Crippen molar-refractivity contribution in [2.24, 2.45) is 5.84 Å².